The second-order valence-electron chi connectivity index (χ2n) is 6.18. The Morgan fingerprint density at radius 2 is 1.65 bits per heavy atom. The molecular formula is C19H22N2O4S. The van der Waals surface area contributed by atoms with E-state index in [0.29, 0.717) is 30.1 Å². The monoisotopic (exact) mass is 374 g/mol. The number of hydrogen-bond acceptors (Lipinski definition) is 4. The number of sulfonamides is 1. The number of nitrogens with one attached hydrogen (secondary N) is 1. The predicted octanol–water partition coefficient (Wildman–Crippen LogP) is 3.12. The Labute approximate surface area is 153 Å². The lowest BCUT2D eigenvalue weighted by Crippen LogP contribution is -2.36. The van der Waals surface area contributed by atoms with Gasteiger partial charge in [-0.15, -0.1) is 0 Å². The maximum atomic E-state index is 12.8. The van der Waals surface area contributed by atoms with Crippen LogP contribution in [0.2, 0.25) is 0 Å². The summed E-state index contributed by atoms with van der Waals surface area (Å²) in [6.07, 6.45) is 3.08. The molecule has 0 unspecified atom stereocenters. The molecule has 3 rings (SSSR count). The van der Waals surface area contributed by atoms with Crippen LogP contribution in [0.3, 0.4) is 0 Å². The molecule has 1 amide bonds. The Hall–Kier alpha value is -2.54. The largest absolute Gasteiger partial charge is 0.497 e. The van der Waals surface area contributed by atoms with Crippen LogP contribution >= 0.6 is 0 Å². The van der Waals surface area contributed by atoms with Gasteiger partial charge in [0.25, 0.3) is 15.9 Å². The quantitative estimate of drug-likeness (QED) is 0.872. The standard InChI is InChI=1S/C19H22N2O4S/c1-25-15-9-11-16(12-10-15)26(23,24)20-18-8-4-3-7-17(18)19(22)21-13-5-2-6-14-21/h3-4,7-12,20H,2,5-6,13-14H2,1H3. The smallest absolute Gasteiger partial charge is 0.261 e. The number of piperidine rings is 1. The molecule has 1 aliphatic rings. The van der Waals surface area contributed by atoms with E-state index in [0.717, 1.165) is 19.3 Å². The molecule has 1 saturated heterocycles. The van der Waals surface area contributed by atoms with Crippen LogP contribution in [0, 0.1) is 0 Å². The molecule has 0 aromatic heterocycles. The number of carbonyl (C=O) groups is 1. The second-order valence-corrected chi connectivity index (χ2v) is 7.86. The fraction of sp³-hybridized carbons (Fsp3) is 0.316. The average molecular weight is 374 g/mol. The predicted molar refractivity (Wildman–Crippen MR) is 100.0 cm³/mol. The Bertz CT molecular complexity index is 873. The normalized spacial score (nSPS) is 14.7. The molecule has 6 nitrogen and oxygen atoms in total. The summed E-state index contributed by atoms with van der Waals surface area (Å²) in [5.41, 5.74) is 0.658. The number of amides is 1. The van der Waals surface area contributed by atoms with E-state index in [4.69, 9.17) is 4.74 Å². The zero-order chi connectivity index (χ0) is 18.6. The number of likely N-dealkylation sites (tertiary alicyclic amines) is 1. The maximum absolute atomic E-state index is 12.8. The lowest BCUT2D eigenvalue weighted by Gasteiger charge is -2.27. The summed E-state index contributed by atoms with van der Waals surface area (Å²) in [4.78, 5) is 14.7. The molecule has 138 valence electrons. The summed E-state index contributed by atoms with van der Waals surface area (Å²) in [5, 5.41) is 0. The first-order valence-electron chi connectivity index (χ1n) is 8.56. The fourth-order valence-electron chi connectivity index (χ4n) is 2.98. The highest BCUT2D eigenvalue weighted by atomic mass is 32.2. The SMILES string of the molecule is COc1ccc(S(=O)(=O)Nc2ccccc2C(=O)N2CCCCC2)cc1. The zero-order valence-corrected chi connectivity index (χ0v) is 15.5. The molecule has 0 aliphatic carbocycles. The van der Waals surface area contributed by atoms with Gasteiger partial charge in [-0.1, -0.05) is 12.1 Å². The van der Waals surface area contributed by atoms with Crippen molar-refractivity contribution >= 4 is 21.6 Å². The molecule has 1 N–H and O–H groups in total. The van der Waals surface area contributed by atoms with Gasteiger partial charge in [-0.2, -0.15) is 0 Å². The highest BCUT2D eigenvalue weighted by Gasteiger charge is 2.23. The number of anilines is 1. The Morgan fingerprint density at radius 3 is 2.31 bits per heavy atom. The van der Waals surface area contributed by atoms with Gasteiger partial charge < -0.3 is 9.64 Å². The number of para-hydroxylation sites is 1. The number of nitrogens with zero attached hydrogens (tertiary/aromatic N) is 1. The number of benzene rings is 2. The number of rotatable bonds is 5. The first kappa shape index (κ1) is 18.3. The van der Waals surface area contributed by atoms with Crippen molar-refractivity contribution in [2.24, 2.45) is 0 Å². The van der Waals surface area contributed by atoms with Gasteiger partial charge in [0, 0.05) is 13.1 Å². The van der Waals surface area contributed by atoms with Gasteiger partial charge in [-0.05, 0) is 55.7 Å². The molecule has 0 bridgehead atoms. The van der Waals surface area contributed by atoms with Crippen molar-refractivity contribution in [3.05, 3.63) is 54.1 Å². The first-order valence-corrected chi connectivity index (χ1v) is 10.0. The molecule has 0 atom stereocenters. The number of ether oxygens (including phenoxy) is 1. The zero-order valence-electron chi connectivity index (χ0n) is 14.6. The van der Waals surface area contributed by atoms with Gasteiger partial charge in [0.05, 0.1) is 23.3 Å². The average Bonchev–Trinajstić information content (AvgIpc) is 2.68. The van der Waals surface area contributed by atoms with Crippen LogP contribution in [0.25, 0.3) is 0 Å². The van der Waals surface area contributed by atoms with E-state index in [-0.39, 0.29) is 10.8 Å². The molecule has 0 saturated carbocycles. The maximum Gasteiger partial charge on any atom is 0.261 e. The summed E-state index contributed by atoms with van der Waals surface area (Å²) in [7, 11) is -2.28. The first-order chi connectivity index (χ1) is 12.5. The third kappa shape index (κ3) is 3.99. The molecule has 0 radical (unpaired) electrons. The topological polar surface area (TPSA) is 75.7 Å². The minimum atomic E-state index is -3.80. The fourth-order valence-corrected chi connectivity index (χ4v) is 4.06. The van der Waals surface area contributed by atoms with Crippen LogP contribution in [0.5, 0.6) is 5.75 Å². The highest BCUT2D eigenvalue weighted by molar-refractivity contribution is 7.92. The van der Waals surface area contributed by atoms with Gasteiger partial charge in [-0.25, -0.2) is 8.42 Å². The van der Waals surface area contributed by atoms with Crippen LogP contribution in [0.1, 0.15) is 29.6 Å². The molecule has 0 spiro atoms. The van der Waals surface area contributed by atoms with Crippen molar-refractivity contribution in [1.29, 1.82) is 0 Å². The second kappa shape index (κ2) is 7.78. The highest BCUT2D eigenvalue weighted by Crippen LogP contribution is 2.24. The van der Waals surface area contributed by atoms with Crippen LogP contribution in [0.15, 0.2) is 53.4 Å². The van der Waals surface area contributed by atoms with Gasteiger partial charge in [0.2, 0.25) is 0 Å². The Balaban J connectivity index is 1.86. The van der Waals surface area contributed by atoms with E-state index in [2.05, 4.69) is 4.72 Å². The van der Waals surface area contributed by atoms with E-state index in [9.17, 15) is 13.2 Å². The van der Waals surface area contributed by atoms with E-state index in [1.54, 1.807) is 41.3 Å². The van der Waals surface area contributed by atoms with Gasteiger partial charge in [0.15, 0.2) is 0 Å². The molecule has 1 heterocycles. The summed E-state index contributed by atoms with van der Waals surface area (Å²) >= 11 is 0. The number of carbonyl (C=O) groups excluding carboxylic acids is 1. The lowest BCUT2D eigenvalue weighted by atomic mass is 10.1. The number of methoxy groups -OCH3 is 1. The molecular weight excluding hydrogens is 352 g/mol. The van der Waals surface area contributed by atoms with Crippen molar-refractivity contribution in [3.8, 4) is 5.75 Å². The summed E-state index contributed by atoms with van der Waals surface area (Å²) in [6.45, 7) is 1.41. The van der Waals surface area contributed by atoms with Crippen molar-refractivity contribution in [2.45, 2.75) is 24.2 Å². The van der Waals surface area contributed by atoms with E-state index in [1.807, 2.05) is 0 Å². The van der Waals surface area contributed by atoms with Crippen molar-refractivity contribution in [3.63, 3.8) is 0 Å². The summed E-state index contributed by atoms with van der Waals surface area (Å²) < 4.78 is 32.9. The molecule has 26 heavy (non-hydrogen) atoms. The summed E-state index contributed by atoms with van der Waals surface area (Å²) in [5.74, 6) is 0.433. The van der Waals surface area contributed by atoms with Gasteiger partial charge in [0.1, 0.15) is 5.75 Å². The number of hydrogen-bond donors (Lipinski definition) is 1. The van der Waals surface area contributed by atoms with Crippen molar-refractivity contribution in [2.75, 3.05) is 24.9 Å². The lowest BCUT2D eigenvalue weighted by molar-refractivity contribution is 0.0725. The van der Waals surface area contributed by atoms with Crippen molar-refractivity contribution in [1.82, 2.24) is 4.90 Å². The van der Waals surface area contributed by atoms with E-state index < -0.39 is 10.0 Å². The molecule has 1 fully saturated rings. The molecule has 2 aromatic carbocycles. The van der Waals surface area contributed by atoms with Crippen molar-refractivity contribution < 1.29 is 17.9 Å². The van der Waals surface area contributed by atoms with Crippen LogP contribution in [-0.2, 0) is 10.0 Å². The third-order valence-corrected chi connectivity index (χ3v) is 5.80. The Kier molecular flexibility index (Phi) is 5.46. The minimum Gasteiger partial charge on any atom is -0.497 e. The van der Waals surface area contributed by atoms with E-state index in [1.165, 1.54) is 19.2 Å². The van der Waals surface area contributed by atoms with Gasteiger partial charge in [-0.3, -0.25) is 9.52 Å². The molecule has 7 heteroatoms. The van der Waals surface area contributed by atoms with Crippen LogP contribution in [0.4, 0.5) is 5.69 Å². The minimum absolute atomic E-state index is 0.110. The third-order valence-electron chi connectivity index (χ3n) is 4.41. The van der Waals surface area contributed by atoms with Gasteiger partial charge >= 0.3 is 0 Å². The molecule has 2 aromatic rings. The molecule has 1 aliphatic heterocycles. The van der Waals surface area contributed by atoms with Crippen LogP contribution < -0.4 is 9.46 Å². The van der Waals surface area contributed by atoms with E-state index >= 15 is 0 Å². The van der Waals surface area contributed by atoms with Crippen LogP contribution in [-0.4, -0.2) is 39.4 Å². The summed E-state index contributed by atoms with van der Waals surface area (Å²) in [6, 6.07) is 12.8. The Morgan fingerprint density at radius 1 is 1.00 bits per heavy atom.